The monoisotopic (exact) mass is 270 g/mol. The van der Waals surface area contributed by atoms with Crippen LogP contribution in [0.2, 0.25) is 0 Å². The minimum atomic E-state index is -0.567. The van der Waals surface area contributed by atoms with E-state index in [1.54, 1.807) is 9.80 Å². The number of nitrogens with zero attached hydrogens (tertiary/aromatic N) is 2. The van der Waals surface area contributed by atoms with Gasteiger partial charge in [-0.25, -0.2) is 4.79 Å². The van der Waals surface area contributed by atoms with Crippen molar-refractivity contribution in [2.45, 2.75) is 51.4 Å². The third kappa shape index (κ3) is 3.37. The Morgan fingerprint density at radius 3 is 2.58 bits per heavy atom. The fourth-order valence-corrected chi connectivity index (χ4v) is 2.55. The molecule has 1 N–H and O–H groups in total. The highest BCUT2D eigenvalue weighted by Gasteiger charge is 2.38. The minimum absolute atomic E-state index is 0.0113. The zero-order valence-electron chi connectivity index (χ0n) is 11.8. The Balaban J connectivity index is 1.90. The van der Waals surface area contributed by atoms with Gasteiger partial charge in [-0.1, -0.05) is 0 Å². The summed E-state index contributed by atoms with van der Waals surface area (Å²) in [6.07, 6.45) is 0.0472. The molecule has 0 saturated carbocycles. The van der Waals surface area contributed by atoms with Gasteiger partial charge >= 0.3 is 6.09 Å². The number of hydrogen-bond acceptors (Lipinski definition) is 4. The Morgan fingerprint density at radius 1 is 1.37 bits per heavy atom. The maximum atomic E-state index is 11.9. The Morgan fingerprint density at radius 2 is 2.05 bits per heavy atom. The van der Waals surface area contributed by atoms with E-state index >= 15 is 0 Å². The standard InChI is InChI=1S/C13H22N2O4/c1-13(2,3)19-12(18)14-5-4-9(7-14)15-8-10(16)6-11(15)17/h9-10,16H,4-8H2,1-3H3/t9-,10?/m1/s1. The van der Waals surface area contributed by atoms with Gasteiger partial charge in [-0.05, 0) is 27.2 Å². The highest BCUT2D eigenvalue weighted by atomic mass is 16.6. The quantitative estimate of drug-likeness (QED) is 0.757. The highest BCUT2D eigenvalue weighted by molar-refractivity contribution is 5.79. The number of carbonyl (C=O) groups excluding carboxylic acids is 2. The summed E-state index contributed by atoms with van der Waals surface area (Å²) in [7, 11) is 0. The van der Waals surface area contributed by atoms with E-state index in [0.29, 0.717) is 19.6 Å². The molecule has 2 amide bonds. The SMILES string of the molecule is CC(C)(C)OC(=O)N1CC[C@@H](N2CC(O)CC2=O)C1. The Labute approximate surface area is 113 Å². The summed E-state index contributed by atoms with van der Waals surface area (Å²) in [4.78, 5) is 26.9. The average Bonchev–Trinajstić information content (AvgIpc) is 2.82. The lowest BCUT2D eigenvalue weighted by molar-refractivity contribution is -0.129. The van der Waals surface area contributed by atoms with Crippen LogP contribution in [0.15, 0.2) is 0 Å². The van der Waals surface area contributed by atoms with Crippen molar-refractivity contribution >= 4 is 12.0 Å². The van der Waals surface area contributed by atoms with E-state index in [1.165, 1.54) is 0 Å². The summed E-state index contributed by atoms with van der Waals surface area (Å²) in [5, 5.41) is 9.49. The Bertz CT molecular complexity index is 377. The molecule has 0 spiro atoms. The van der Waals surface area contributed by atoms with Gasteiger partial charge in [0.15, 0.2) is 0 Å². The smallest absolute Gasteiger partial charge is 0.410 e. The number of ether oxygens (including phenoxy) is 1. The van der Waals surface area contributed by atoms with E-state index in [0.717, 1.165) is 6.42 Å². The van der Waals surface area contributed by atoms with Crippen molar-refractivity contribution in [2.24, 2.45) is 0 Å². The maximum Gasteiger partial charge on any atom is 0.410 e. The molecule has 108 valence electrons. The van der Waals surface area contributed by atoms with Crippen LogP contribution < -0.4 is 0 Å². The van der Waals surface area contributed by atoms with Gasteiger partial charge in [-0.3, -0.25) is 4.79 Å². The molecule has 0 aromatic rings. The van der Waals surface area contributed by atoms with Crippen LogP contribution in [-0.2, 0) is 9.53 Å². The second kappa shape index (κ2) is 5.00. The van der Waals surface area contributed by atoms with Crippen LogP contribution in [0.4, 0.5) is 4.79 Å². The van der Waals surface area contributed by atoms with E-state index in [9.17, 15) is 14.7 Å². The summed E-state index contributed by atoms with van der Waals surface area (Å²) in [5.74, 6) is -0.0245. The molecule has 0 aromatic heterocycles. The van der Waals surface area contributed by atoms with Gasteiger partial charge in [-0.15, -0.1) is 0 Å². The third-order valence-electron chi connectivity index (χ3n) is 3.39. The van der Waals surface area contributed by atoms with E-state index in [-0.39, 0.29) is 24.5 Å². The number of likely N-dealkylation sites (tertiary alicyclic amines) is 2. The number of hydrogen-bond donors (Lipinski definition) is 1. The number of aliphatic hydroxyl groups is 1. The predicted octanol–water partition coefficient (Wildman–Crippen LogP) is 0.589. The zero-order valence-corrected chi connectivity index (χ0v) is 11.8. The second-order valence-electron chi connectivity index (χ2n) is 6.27. The van der Waals surface area contributed by atoms with Gasteiger partial charge in [0.1, 0.15) is 5.60 Å². The van der Waals surface area contributed by atoms with E-state index < -0.39 is 11.7 Å². The van der Waals surface area contributed by atoms with Crippen LogP contribution >= 0.6 is 0 Å². The molecule has 2 atom stereocenters. The molecule has 0 bridgehead atoms. The molecule has 2 heterocycles. The van der Waals surface area contributed by atoms with Gasteiger partial charge < -0.3 is 19.6 Å². The molecule has 6 nitrogen and oxygen atoms in total. The molecule has 6 heteroatoms. The van der Waals surface area contributed by atoms with Gasteiger partial charge in [0.05, 0.1) is 18.6 Å². The molecule has 2 aliphatic heterocycles. The molecule has 2 fully saturated rings. The molecule has 0 aromatic carbocycles. The zero-order chi connectivity index (χ0) is 14.2. The summed E-state index contributed by atoms with van der Waals surface area (Å²) in [5.41, 5.74) is -0.505. The normalized spacial score (nSPS) is 28.1. The average molecular weight is 270 g/mol. The van der Waals surface area contributed by atoms with E-state index in [2.05, 4.69) is 0 Å². The van der Waals surface area contributed by atoms with E-state index in [1.807, 2.05) is 20.8 Å². The molecular formula is C13H22N2O4. The first-order valence-corrected chi connectivity index (χ1v) is 6.72. The highest BCUT2D eigenvalue weighted by Crippen LogP contribution is 2.23. The number of aliphatic hydroxyl groups excluding tert-OH is 1. The Hall–Kier alpha value is -1.30. The molecule has 2 aliphatic rings. The van der Waals surface area contributed by atoms with Crippen LogP contribution in [0.25, 0.3) is 0 Å². The second-order valence-corrected chi connectivity index (χ2v) is 6.27. The van der Waals surface area contributed by atoms with Gasteiger partial charge in [-0.2, -0.15) is 0 Å². The van der Waals surface area contributed by atoms with Crippen LogP contribution in [-0.4, -0.2) is 64.3 Å². The summed E-state index contributed by atoms with van der Waals surface area (Å²) in [6, 6.07) is 0.0113. The largest absolute Gasteiger partial charge is 0.444 e. The van der Waals surface area contributed by atoms with Crippen LogP contribution in [0.3, 0.4) is 0 Å². The van der Waals surface area contributed by atoms with Crippen LogP contribution in [0, 0.1) is 0 Å². The van der Waals surface area contributed by atoms with Crippen molar-refractivity contribution in [1.29, 1.82) is 0 Å². The van der Waals surface area contributed by atoms with Crippen molar-refractivity contribution < 1.29 is 19.4 Å². The molecule has 1 unspecified atom stereocenters. The predicted molar refractivity (Wildman–Crippen MR) is 68.5 cm³/mol. The van der Waals surface area contributed by atoms with Crippen molar-refractivity contribution in [3.8, 4) is 0 Å². The minimum Gasteiger partial charge on any atom is -0.444 e. The molecule has 0 aliphatic carbocycles. The lowest BCUT2D eigenvalue weighted by Crippen LogP contribution is -2.41. The van der Waals surface area contributed by atoms with E-state index in [4.69, 9.17) is 4.74 Å². The number of amides is 2. The van der Waals surface area contributed by atoms with Crippen molar-refractivity contribution in [2.75, 3.05) is 19.6 Å². The molecule has 19 heavy (non-hydrogen) atoms. The van der Waals surface area contributed by atoms with Gasteiger partial charge in [0.2, 0.25) is 5.91 Å². The van der Waals surface area contributed by atoms with Crippen molar-refractivity contribution in [3.05, 3.63) is 0 Å². The number of β-amino-alcohol motifs (C(OH)–C–C–N with tert-alkyl or cyclic N) is 1. The van der Waals surface area contributed by atoms with Crippen molar-refractivity contribution in [3.63, 3.8) is 0 Å². The topological polar surface area (TPSA) is 70.1 Å². The summed E-state index contributed by atoms with van der Waals surface area (Å²) >= 11 is 0. The first kappa shape index (κ1) is 14.1. The van der Waals surface area contributed by atoms with Crippen molar-refractivity contribution in [1.82, 2.24) is 9.80 Å². The fourth-order valence-electron chi connectivity index (χ4n) is 2.55. The molecule has 2 rings (SSSR count). The fraction of sp³-hybridized carbons (Fsp3) is 0.846. The van der Waals surface area contributed by atoms with Gasteiger partial charge in [0.25, 0.3) is 0 Å². The first-order chi connectivity index (χ1) is 8.76. The van der Waals surface area contributed by atoms with Gasteiger partial charge in [0, 0.05) is 19.6 Å². The maximum absolute atomic E-state index is 11.9. The third-order valence-corrected chi connectivity index (χ3v) is 3.39. The summed E-state index contributed by atoms with van der Waals surface area (Å²) in [6.45, 7) is 6.97. The summed E-state index contributed by atoms with van der Waals surface area (Å²) < 4.78 is 5.31. The molecular weight excluding hydrogens is 248 g/mol. The molecule has 2 saturated heterocycles. The molecule has 0 radical (unpaired) electrons. The Kier molecular flexibility index (Phi) is 3.71. The number of rotatable bonds is 1. The first-order valence-electron chi connectivity index (χ1n) is 6.72. The lowest BCUT2D eigenvalue weighted by atomic mass is 10.2. The number of carbonyl (C=O) groups is 2. The lowest BCUT2D eigenvalue weighted by Gasteiger charge is -2.26. The van der Waals surface area contributed by atoms with Crippen LogP contribution in [0.5, 0.6) is 0 Å². The van der Waals surface area contributed by atoms with Crippen LogP contribution in [0.1, 0.15) is 33.6 Å².